The van der Waals surface area contributed by atoms with Gasteiger partial charge < -0.3 is 14.9 Å². The maximum Gasteiger partial charge on any atom is 0.338 e. The second-order valence-electron chi connectivity index (χ2n) is 12.0. The first-order valence-corrected chi connectivity index (χ1v) is 12.2. The molecule has 8 atom stereocenters. The minimum Gasteiger partial charge on any atom is -0.458 e. The number of rotatable bonds is 3. The molecule has 4 aliphatic carbocycles. The lowest BCUT2D eigenvalue weighted by atomic mass is 9.37. The minimum atomic E-state index is -0.272. The summed E-state index contributed by atoms with van der Waals surface area (Å²) < 4.78 is 6.29. The average Bonchev–Trinajstić information content (AvgIpc) is 3.08. The Bertz CT molecular complexity index is 854. The van der Waals surface area contributed by atoms with Crippen LogP contribution in [0, 0.1) is 33.5 Å². The van der Waals surface area contributed by atoms with Crippen molar-refractivity contribution >= 4 is 5.97 Å². The van der Waals surface area contributed by atoms with Crippen LogP contribution in [-0.4, -0.2) is 35.0 Å². The molecule has 4 saturated carbocycles. The van der Waals surface area contributed by atoms with Crippen LogP contribution in [0.25, 0.3) is 0 Å². The fraction of sp³-hybridized carbons (Fsp3) is 0.741. The van der Waals surface area contributed by atoms with Crippen LogP contribution in [-0.2, 0) is 4.74 Å². The molecule has 0 unspecified atom stereocenters. The number of aliphatic hydroxyl groups is 2. The Hall–Kier alpha value is -1.39. The summed E-state index contributed by atoms with van der Waals surface area (Å²) in [5, 5.41) is 21.6. The molecule has 4 nitrogen and oxygen atoms in total. The molecule has 0 radical (unpaired) electrons. The van der Waals surface area contributed by atoms with Crippen LogP contribution in [0.3, 0.4) is 0 Å². The molecule has 4 aliphatic rings. The third-order valence-electron chi connectivity index (χ3n) is 10.5. The molecule has 2 N–H and O–H groups in total. The largest absolute Gasteiger partial charge is 0.458 e. The van der Waals surface area contributed by atoms with Crippen molar-refractivity contribution in [2.75, 3.05) is 6.61 Å². The van der Waals surface area contributed by atoms with Crippen molar-refractivity contribution in [2.24, 2.45) is 33.5 Å². The Balaban J connectivity index is 1.56. The van der Waals surface area contributed by atoms with Crippen molar-refractivity contribution in [1.82, 2.24) is 0 Å². The molecule has 1 aromatic rings. The lowest BCUT2D eigenvalue weighted by Gasteiger charge is -2.68. The van der Waals surface area contributed by atoms with E-state index >= 15 is 0 Å². The van der Waals surface area contributed by atoms with Crippen molar-refractivity contribution in [3.05, 3.63) is 35.9 Å². The number of hydrogen-bond donors (Lipinski definition) is 2. The molecule has 0 aromatic heterocycles. The molecule has 1 spiro atoms. The van der Waals surface area contributed by atoms with Gasteiger partial charge >= 0.3 is 5.97 Å². The summed E-state index contributed by atoms with van der Waals surface area (Å²) in [6.45, 7) is 7.05. The number of fused-ring (bicyclic) bond motifs is 2. The second-order valence-corrected chi connectivity index (χ2v) is 12.0. The van der Waals surface area contributed by atoms with Crippen LogP contribution in [0.5, 0.6) is 0 Å². The minimum absolute atomic E-state index is 0.00464. The number of ether oxygens (including phenoxy) is 1. The number of hydrogen-bond acceptors (Lipinski definition) is 4. The molecule has 0 heterocycles. The SMILES string of the molecule is C[C@]12CC[C@]3(C1)[C@@H](C[C@@H](OC(=O)c1ccccc1)[C@H]1[C@](C)(CO)CCC[C@@]13C)C[C@@H]2O. The number of carbonyl (C=O) groups is 1. The van der Waals surface area contributed by atoms with E-state index in [0.717, 1.165) is 51.4 Å². The number of carbonyl (C=O) groups excluding carboxylic acids is 1. The van der Waals surface area contributed by atoms with Crippen molar-refractivity contribution in [3.8, 4) is 0 Å². The van der Waals surface area contributed by atoms with Gasteiger partial charge in [-0.15, -0.1) is 0 Å². The van der Waals surface area contributed by atoms with E-state index in [4.69, 9.17) is 4.74 Å². The van der Waals surface area contributed by atoms with Gasteiger partial charge in [0.1, 0.15) is 6.10 Å². The molecule has 4 heteroatoms. The van der Waals surface area contributed by atoms with Crippen LogP contribution in [0.4, 0.5) is 0 Å². The molecule has 0 aliphatic heterocycles. The predicted octanol–water partition coefficient (Wildman–Crippen LogP) is 4.98. The monoisotopic (exact) mass is 426 g/mol. The van der Waals surface area contributed by atoms with Gasteiger partial charge in [-0.1, -0.05) is 45.4 Å². The van der Waals surface area contributed by atoms with Gasteiger partial charge in [-0.25, -0.2) is 4.79 Å². The summed E-state index contributed by atoms with van der Waals surface area (Å²) in [7, 11) is 0. The van der Waals surface area contributed by atoms with Gasteiger partial charge in [0.15, 0.2) is 0 Å². The zero-order valence-electron chi connectivity index (χ0n) is 19.3. The summed E-state index contributed by atoms with van der Waals surface area (Å²) >= 11 is 0. The predicted molar refractivity (Wildman–Crippen MR) is 119 cm³/mol. The van der Waals surface area contributed by atoms with Gasteiger partial charge in [0.2, 0.25) is 0 Å². The summed E-state index contributed by atoms with van der Waals surface area (Å²) in [5.74, 6) is 0.247. The van der Waals surface area contributed by atoms with E-state index in [9.17, 15) is 15.0 Å². The highest BCUT2D eigenvalue weighted by Crippen LogP contribution is 2.76. The van der Waals surface area contributed by atoms with E-state index in [0.29, 0.717) is 11.5 Å². The highest BCUT2D eigenvalue weighted by atomic mass is 16.5. The van der Waals surface area contributed by atoms with Gasteiger partial charge in [0.05, 0.1) is 11.7 Å². The van der Waals surface area contributed by atoms with Gasteiger partial charge in [-0.3, -0.25) is 0 Å². The zero-order valence-corrected chi connectivity index (χ0v) is 19.3. The Morgan fingerprint density at radius 2 is 1.81 bits per heavy atom. The second kappa shape index (κ2) is 7.05. The van der Waals surface area contributed by atoms with Crippen LogP contribution in [0.2, 0.25) is 0 Å². The zero-order chi connectivity index (χ0) is 22.1. The van der Waals surface area contributed by atoms with Crippen molar-refractivity contribution < 1.29 is 19.7 Å². The number of aliphatic hydroxyl groups excluding tert-OH is 2. The summed E-state index contributed by atoms with van der Waals surface area (Å²) in [4.78, 5) is 13.1. The first kappa shape index (κ1) is 21.5. The summed E-state index contributed by atoms with van der Waals surface area (Å²) in [5.41, 5.74) is 0.528. The summed E-state index contributed by atoms with van der Waals surface area (Å²) in [6.07, 6.45) is 7.64. The molecule has 0 amide bonds. The topological polar surface area (TPSA) is 66.8 Å². The molecule has 2 bridgehead atoms. The third kappa shape index (κ3) is 2.90. The van der Waals surface area contributed by atoms with E-state index in [1.165, 1.54) is 0 Å². The molecule has 170 valence electrons. The van der Waals surface area contributed by atoms with Crippen molar-refractivity contribution in [2.45, 2.75) is 84.3 Å². The van der Waals surface area contributed by atoms with Gasteiger partial charge in [-0.2, -0.15) is 0 Å². The third-order valence-corrected chi connectivity index (χ3v) is 10.5. The first-order chi connectivity index (χ1) is 14.7. The highest BCUT2D eigenvalue weighted by molar-refractivity contribution is 5.89. The first-order valence-electron chi connectivity index (χ1n) is 12.2. The standard InChI is InChI=1S/C27H38O4/c1-24-12-13-27(16-24)19(15-21(24)29)14-20(31-23(30)18-8-5-4-6-9-18)22-25(2,17-28)10-7-11-26(22,27)3/h4-6,8-9,19-22,28-29H,7,10-17H2,1-3H3/t19-,20+,21-,22-,24-,25-,26-,27-/m0/s1. The van der Waals surface area contributed by atoms with Crippen molar-refractivity contribution in [3.63, 3.8) is 0 Å². The molecular formula is C27H38O4. The van der Waals surface area contributed by atoms with Crippen LogP contribution in [0.15, 0.2) is 30.3 Å². The number of benzene rings is 1. The maximum atomic E-state index is 13.1. The highest BCUT2D eigenvalue weighted by Gasteiger charge is 2.72. The lowest BCUT2D eigenvalue weighted by molar-refractivity contribution is -0.235. The molecule has 1 aromatic carbocycles. The van der Waals surface area contributed by atoms with Crippen LogP contribution < -0.4 is 0 Å². The quantitative estimate of drug-likeness (QED) is 0.669. The van der Waals surface area contributed by atoms with Crippen molar-refractivity contribution in [1.29, 1.82) is 0 Å². The normalized spacial score (nSPS) is 48.5. The van der Waals surface area contributed by atoms with E-state index < -0.39 is 0 Å². The van der Waals surface area contributed by atoms with Gasteiger partial charge in [0, 0.05) is 12.5 Å². The Kier molecular flexibility index (Phi) is 4.88. The molecule has 0 saturated heterocycles. The Labute approximate surface area is 186 Å². The average molecular weight is 427 g/mol. The van der Waals surface area contributed by atoms with E-state index in [1.807, 2.05) is 30.3 Å². The fourth-order valence-electron chi connectivity index (χ4n) is 8.94. The molecule has 5 rings (SSSR count). The van der Waals surface area contributed by atoms with Crippen LogP contribution >= 0.6 is 0 Å². The van der Waals surface area contributed by atoms with E-state index in [1.54, 1.807) is 0 Å². The Morgan fingerprint density at radius 3 is 2.52 bits per heavy atom. The Morgan fingerprint density at radius 1 is 1.06 bits per heavy atom. The molecular weight excluding hydrogens is 388 g/mol. The lowest BCUT2D eigenvalue weighted by Crippen LogP contribution is -2.65. The van der Waals surface area contributed by atoms with Gasteiger partial charge in [-0.05, 0) is 84.7 Å². The summed E-state index contributed by atoms with van der Waals surface area (Å²) in [6, 6.07) is 9.26. The smallest absolute Gasteiger partial charge is 0.338 e. The fourth-order valence-corrected chi connectivity index (χ4v) is 8.94. The van der Waals surface area contributed by atoms with E-state index in [-0.39, 0.29) is 52.4 Å². The van der Waals surface area contributed by atoms with Crippen LogP contribution in [0.1, 0.15) is 82.5 Å². The number of esters is 1. The van der Waals surface area contributed by atoms with Gasteiger partial charge in [0.25, 0.3) is 0 Å². The van der Waals surface area contributed by atoms with E-state index in [2.05, 4.69) is 20.8 Å². The molecule has 31 heavy (non-hydrogen) atoms. The maximum absolute atomic E-state index is 13.1. The molecule has 4 fully saturated rings.